The van der Waals surface area contributed by atoms with Crippen LogP contribution in [0.15, 0.2) is 6.20 Å². The van der Waals surface area contributed by atoms with Crippen molar-refractivity contribution in [3.8, 4) is 0 Å². The van der Waals surface area contributed by atoms with Crippen LogP contribution in [0.1, 0.15) is 54.4 Å². The number of nitrogen functional groups attached to an aromatic ring is 1. The maximum Gasteiger partial charge on any atom is 0.429 e. The molecule has 2 aliphatic heterocycles. The second-order valence-electron chi connectivity index (χ2n) is 10.7. The van der Waals surface area contributed by atoms with E-state index in [9.17, 15) is 9.59 Å². The van der Waals surface area contributed by atoms with Crippen molar-refractivity contribution in [3.05, 3.63) is 6.20 Å². The smallest absolute Gasteiger partial charge is 0.429 e. The Labute approximate surface area is 196 Å². The largest absolute Gasteiger partial charge is 0.442 e. The molecule has 0 spiro atoms. The normalized spacial score (nSPS) is 21.2. The molecule has 0 radical (unpaired) electrons. The second-order valence-corrected chi connectivity index (χ2v) is 10.7. The Morgan fingerprint density at radius 3 is 2.09 bits per heavy atom. The molecule has 186 valence electrons. The quantitative estimate of drug-likeness (QED) is 0.653. The van der Waals surface area contributed by atoms with Crippen LogP contribution in [0.5, 0.6) is 0 Å². The topological polar surface area (TPSA) is 118 Å². The molecular formula is C22H39N7O4. The van der Waals surface area contributed by atoms with Gasteiger partial charge in [0.05, 0.1) is 24.0 Å². The van der Waals surface area contributed by atoms with Gasteiger partial charge in [-0.2, -0.15) is 5.10 Å². The van der Waals surface area contributed by atoms with Crippen molar-refractivity contribution in [2.75, 3.05) is 36.8 Å². The van der Waals surface area contributed by atoms with Crippen LogP contribution in [0, 0.1) is 0 Å². The summed E-state index contributed by atoms with van der Waals surface area (Å²) in [5, 5.41) is 10.5. The van der Waals surface area contributed by atoms with E-state index in [1.165, 1.54) is 10.0 Å². The highest BCUT2D eigenvalue weighted by Crippen LogP contribution is 2.30. The fourth-order valence-corrected chi connectivity index (χ4v) is 4.26. The number of nitrogens with one attached hydrogen (secondary N) is 1. The number of rotatable bonds is 3. The van der Waals surface area contributed by atoms with Gasteiger partial charge in [-0.25, -0.2) is 19.6 Å². The van der Waals surface area contributed by atoms with Crippen LogP contribution in [0.4, 0.5) is 21.1 Å². The van der Waals surface area contributed by atoms with Gasteiger partial charge >= 0.3 is 12.2 Å². The molecule has 2 saturated heterocycles. The summed E-state index contributed by atoms with van der Waals surface area (Å²) in [6.45, 7) is 13.4. The first-order valence-electron chi connectivity index (χ1n) is 11.5. The maximum atomic E-state index is 13.5. The number of nitrogens with zero attached hydrogens (tertiary/aromatic N) is 5. The number of nitrogens with two attached hydrogens (primary N) is 1. The maximum absolute atomic E-state index is 13.5. The lowest BCUT2D eigenvalue weighted by Gasteiger charge is -2.42. The highest BCUT2D eigenvalue weighted by atomic mass is 16.6. The van der Waals surface area contributed by atoms with Gasteiger partial charge in [-0.1, -0.05) is 0 Å². The van der Waals surface area contributed by atoms with E-state index in [2.05, 4.69) is 15.3 Å². The van der Waals surface area contributed by atoms with E-state index in [1.807, 2.05) is 48.6 Å². The summed E-state index contributed by atoms with van der Waals surface area (Å²) in [6.07, 6.45) is 1.85. The van der Waals surface area contributed by atoms with Crippen LogP contribution < -0.4 is 16.0 Å². The third kappa shape index (κ3) is 6.01. The molecule has 0 bridgehead atoms. The standard InChI is InChI=1S/C22H39N7O4/c1-21(2,3)32-19(30)28(15-8-10-24-12-15)29(20(31)33-22(4,5)6)16-9-11-27(14-16)18-17(23)13-25-26(18)7/h13,15-16,24H,8-12,14,23H2,1-7H3. The molecule has 11 heteroatoms. The van der Waals surface area contributed by atoms with E-state index in [4.69, 9.17) is 15.2 Å². The molecule has 1 aromatic rings. The van der Waals surface area contributed by atoms with Gasteiger partial charge in [-0.3, -0.25) is 4.68 Å². The number of aromatic nitrogens is 2. The van der Waals surface area contributed by atoms with Crippen molar-refractivity contribution in [1.29, 1.82) is 0 Å². The fraction of sp³-hybridized carbons (Fsp3) is 0.773. The highest BCUT2D eigenvalue weighted by molar-refractivity contribution is 5.76. The van der Waals surface area contributed by atoms with Gasteiger partial charge in [0.1, 0.15) is 17.0 Å². The number of hydrogen-bond acceptors (Lipinski definition) is 8. The Morgan fingerprint density at radius 2 is 1.64 bits per heavy atom. The number of ether oxygens (including phenoxy) is 2. The minimum Gasteiger partial charge on any atom is -0.442 e. The molecule has 2 unspecified atom stereocenters. The number of carbonyl (C=O) groups is 2. The van der Waals surface area contributed by atoms with E-state index in [0.29, 0.717) is 38.2 Å². The number of hydrazine groups is 1. The van der Waals surface area contributed by atoms with Crippen LogP contribution in [0.25, 0.3) is 0 Å². The Kier molecular flexibility index (Phi) is 7.01. The molecule has 1 aromatic heterocycles. The van der Waals surface area contributed by atoms with Crippen molar-refractivity contribution in [3.63, 3.8) is 0 Å². The predicted molar refractivity (Wildman–Crippen MR) is 126 cm³/mol. The zero-order valence-electron chi connectivity index (χ0n) is 20.9. The minimum absolute atomic E-state index is 0.219. The summed E-state index contributed by atoms with van der Waals surface area (Å²) in [5.74, 6) is 0.799. The van der Waals surface area contributed by atoms with Gasteiger partial charge in [-0.05, 0) is 60.9 Å². The second kappa shape index (κ2) is 9.28. The average molecular weight is 466 g/mol. The van der Waals surface area contributed by atoms with E-state index in [0.717, 1.165) is 12.4 Å². The summed E-state index contributed by atoms with van der Waals surface area (Å²) >= 11 is 0. The zero-order valence-corrected chi connectivity index (χ0v) is 20.9. The molecular weight excluding hydrogens is 426 g/mol. The molecule has 11 nitrogen and oxygen atoms in total. The molecule has 2 fully saturated rings. The molecule has 2 amide bonds. The van der Waals surface area contributed by atoms with Crippen LogP contribution in [0.2, 0.25) is 0 Å². The van der Waals surface area contributed by atoms with Gasteiger partial charge in [0.2, 0.25) is 0 Å². The van der Waals surface area contributed by atoms with Gasteiger partial charge in [0.25, 0.3) is 0 Å². The van der Waals surface area contributed by atoms with Crippen molar-refractivity contribution < 1.29 is 19.1 Å². The summed E-state index contributed by atoms with van der Waals surface area (Å²) in [5.41, 5.74) is 5.30. The van der Waals surface area contributed by atoms with Crippen LogP contribution in [-0.2, 0) is 16.5 Å². The number of aryl methyl sites for hydroxylation is 1. The van der Waals surface area contributed by atoms with Crippen LogP contribution in [0.3, 0.4) is 0 Å². The van der Waals surface area contributed by atoms with Crippen molar-refractivity contribution >= 4 is 23.7 Å². The zero-order chi connectivity index (χ0) is 24.6. The molecule has 0 saturated carbocycles. The monoisotopic (exact) mass is 465 g/mol. The fourth-order valence-electron chi connectivity index (χ4n) is 4.26. The van der Waals surface area contributed by atoms with Gasteiger partial charge in [0.15, 0.2) is 0 Å². The van der Waals surface area contributed by atoms with Gasteiger partial charge in [0, 0.05) is 26.7 Å². The lowest BCUT2D eigenvalue weighted by Crippen LogP contribution is -2.61. The highest BCUT2D eigenvalue weighted by Gasteiger charge is 2.44. The van der Waals surface area contributed by atoms with Gasteiger partial charge in [-0.15, -0.1) is 0 Å². The minimum atomic E-state index is -0.715. The van der Waals surface area contributed by atoms with Crippen molar-refractivity contribution in [2.45, 2.75) is 77.7 Å². The van der Waals surface area contributed by atoms with Gasteiger partial charge < -0.3 is 25.4 Å². The summed E-state index contributed by atoms with van der Waals surface area (Å²) in [4.78, 5) is 29.0. The summed E-state index contributed by atoms with van der Waals surface area (Å²) in [6, 6.07) is -0.523. The SMILES string of the molecule is Cn1ncc(N)c1N1CCC(N(C(=O)OC(C)(C)C)N(C(=O)OC(C)(C)C)C2CCNC2)C1. The van der Waals surface area contributed by atoms with Crippen molar-refractivity contribution in [2.24, 2.45) is 7.05 Å². The van der Waals surface area contributed by atoms with Crippen LogP contribution >= 0.6 is 0 Å². The Balaban J connectivity index is 1.95. The lowest BCUT2D eigenvalue weighted by molar-refractivity contribution is -0.0903. The van der Waals surface area contributed by atoms with E-state index < -0.39 is 23.4 Å². The van der Waals surface area contributed by atoms with E-state index >= 15 is 0 Å². The molecule has 2 atom stereocenters. The number of anilines is 2. The predicted octanol–water partition coefficient (Wildman–Crippen LogP) is 2.33. The first kappa shape index (κ1) is 24.9. The number of carbonyl (C=O) groups excluding carboxylic acids is 2. The van der Waals surface area contributed by atoms with E-state index in [-0.39, 0.29) is 12.1 Å². The average Bonchev–Trinajstić information content (AvgIpc) is 3.38. The van der Waals surface area contributed by atoms with E-state index in [1.54, 1.807) is 10.9 Å². The lowest BCUT2D eigenvalue weighted by atomic mass is 10.2. The molecule has 3 N–H and O–H groups in total. The number of hydrogen-bond donors (Lipinski definition) is 2. The first-order chi connectivity index (χ1) is 15.3. The summed E-state index contributed by atoms with van der Waals surface area (Å²) in [7, 11) is 1.84. The van der Waals surface area contributed by atoms with Crippen LogP contribution in [-0.4, -0.2) is 81.4 Å². The molecule has 33 heavy (non-hydrogen) atoms. The molecule has 3 heterocycles. The third-order valence-corrected chi connectivity index (χ3v) is 5.52. The third-order valence-electron chi connectivity index (χ3n) is 5.52. The molecule has 0 aliphatic carbocycles. The molecule has 0 aromatic carbocycles. The summed E-state index contributed by atoms with van der Waals surface area (Å²) < 4.78 is 13.2. The Bertz CT molecular complexity index is 832. The first-order valence-corrected chi connectivity index (χ1v) is 11.5. The van der Waals surface area contributed by atoms with Crippen molar-refractivity contribution in [1.82, 2.24) is 25.1 Å². The molecule has 3 rings (SSSR count). The number of amides is 2. The Morgan fingerprint density at radius 1 is 1.06 bits per heavy atom. The molecule has 2 aliphatic rings. The Hall–Kier alpha value is -2.69.